The van der Waals surface area contributed by atoms with Gasteiger partial charge in [0.1, 0.15) is 11.6 Å². The van der Waals surface area contributed by atoms with Gasteiger partial charge in [0.05, 0.1) is 19.9 Å². The van der Waals surface area contributed by atoms with Crippen LogP contribution in [-0.2, 0) is 0 Å². The molecule has 1 heterocycles. The summed E-state index contributed by atoms with van der Waals surface area (Å²) in [5.41, 5.74) is 2.33. The maximum atomic E-state index is 13.3. The zero-order valence-electron chi connectivity index (χ0n) is 16.9. The van der Waals surface area contributed by atoms with E-state index in [2.05, 4.69) is 15.4 Å². The van der Waals surface area contributed by atoms with Gasteiger partial charge < -0.3 is 14.8 Å². The van der Waals surface area contributed by atoms with E-state index in [1.54, 1.807) is 42.1 Å². The zero-order valence-corrected chi connectivity index (χ0v) is 16.9. The summed E-state index contributed by atoms with van der Waals surface area (Å²) in [6.45, 7) is 0. The molecule has 0 aliphatic heterocycles. The Kier molecular flexibility index (Phi) is 5.61. The highest BCUT2D eigenvalue weighted by molar-refractivity contribution is 6.04. The van der Waals surface area contributed by atoms with Gasteiger partial charge in [-0.15, -0.1) is 5.10 Å². The van der Waals surface area contributed by atoms with Crippen LogP contribution < -0.4 is 14.8 Å². The fraction of sp³-hybridized carbons (Fsp3) is 0.0870. The Balaban J connectivity index is 1.62. The van der Waals surface area contributed by atoms with Crippen LogP contribution in [0.2, 0.25) is 0 Å². The van der Waals surface area contributed by atoms with Crippen LogP contribution in [0.4, 0.5) is 10.1 Å². The average Bonchev–Trinajstić information content (AvgIpc) is 3.24. The molecule has 1 N–H and O–H groups in total. The minimum atomic E-state index is -0.465. The third kappa shape index (κ3) is 4.37. The predicted octanol–water partition coefficient (Wildman–Crippen LogP) is 4.34. The Labute approximate surface area is 178 Å². The molecular weight excluding hydrogens is 399 g/mol. The third-order valence-electron chi connectivity index (χ3n) is 4.55. The van der Waals surface area contributed by atoms with E-state index in [1.807, 2.05) is 24.3 Å². The van der Waals surface area contributed by atoms with Crippen molar-refractivity contribution in [1.29, 1.82) is 0 Å². The van der Waals surface area contributed by atoms with Gasteiger partial charge in [-0.25, -0.2) is 9.07 Å². The first kappa shape index (κ1) is 20.1. The second-order valence-electron chi connectivity index (χ2n) is 6.58. The standard InChI is InChI=1S/C23H19FN4O3/c1-30-20-8-4-5-15(14-20)21-26-23(31-2)27-28(21)19-11-9-18(10-12-19)25-22(29)16-6-3-7-17(24)13-16/h3-14H,1-2H3,(H,25,29). The van der Waals surface area contributed by atoms with E-state index < -0.39 is 11.7 Å². The van der Waals surface area contributed by atoms with Crippen molar-refractivity contribution in [2.24, 2.45) is 0 Å². The molecule has 31 heavy (non-hydrogen) atoms. The van der Waals surface area contributed by atoms with E-state index in [0.29, 0.717) is 17.3 Å². The van der Waals surface area contributed by atoms with Crippen molar-refractivity contribution in [2.75, 3.05) is 19.5 Å². The lowest BCUT2D eigenvalue weighted by Gasteiger charge is -2.09. The number of halogens is 1. The Morgan fingerprint density at radius 2 is 1.74 bits per heavy atom. The van der Waals surface area contributed by atoms with Gasteiger partial charge in [-0.1, -0.05) is 18.2 Å². The molecule has 0 saturated heterocycles. The summed E-state index contributed by atoms with van der Waals surface area (Å²) in [6, 6.07) is 20.3. The number of anilines is 1. The van der Waals surface area contributed by atoms with E-state index in [1.165, 1.54) is 25.3 Å². The normalized spacial score (nSPS) is 10.5. The summed E-state index contributed by atoms with van der Waals surface area (Å²) in [7, 11) is 3.10. The Bertz CT molecular complexity index is 1220. The number of benzene rings is 3. The molecule has 8 heteroatoms. The van der Waals surface area contributed by atoms with Gasteiger partial charge in [0.25, 0.3) is 5.91 Å². The van der Waals surface area contributed by atoms with Crippen molar-refractivity contribution >= 4 is 11.6 Å². The quantitative estimate of drug-likeness (QED) is 0.504. The van der Waals surface area contributed by atoms with Gasteiger partial charge >= 0.3 is 6.01 Å². The number of hydrogen-bond donors (Lipinski definition) is 1. The van der Waals surface area contributed by atoms with Crippen LogP contribution in [0.3, 0.4) is 0 Å². The lowest BCUT2D eigenvalue weighted by Crippen LogP contribution is -2.12. The van der Waals surface area contributed by atoms with Gasteiger partial charge in [-0.3, -0.25) is 4.79 Å². The lowest BCUT2D eigenvalue weighted by atomic mass is 10.2. The number of carbonyl (C=O) groups excluding carboxylic acids is 1. The number of rotatable bonds is 6. The Morgan fingerprint density at radius 1 is 0.968 bits per heavy atom. The smallest absolute Gasteiger partial charge is 0.336 e. The average molecular weight is 418 g/mol. The van der Waals surface area contributed by atoms with E-state index in [-0.39, 0.29) is 11.6 Å². The Hall–Kier alpha value is -4.20. The molecule has 0 atom stereocenters. The molecule has 4 aromatic rings. The summed E-state index contributed by atoms with van der Waals surface area (Å²) >= 11 is 0. The molecule has 0 bridgehead atoms. The molecule has 0 aliphatic carbocycles. The topological polar surface area (TPSA) is 78.3 Å². The highest BCUT2D eigenvalue weighted by Gasteiger charge is 2.15. The summed E-state index contributed by atoms with van der Waals surface area (Å²) in [5.74, 6) is 0.411. The third-order valence-corrected chi connectivity index (χ3v) is 4.55. The summed E-state index contributed by atoms with van der Waals surface area (Å²) in [6.07, 6.45) is 0. The predicted molar refractivity (Wildman–Crippen MR) is 114 cm³/mol. The number of carbonyl (C=O) groups is 1. The molecule has 0 unspecified atom stereocenters. The van der Waals surface area contributed by atoms with Crippen molar-refractivity contribution in [3.63, 3.8) is 0 Å². The van der Waals surface area contributed by atoms with Gasteiger partial charge in [-0.05, 0) is 54.6 Å². The lowest BCUT2D eigenvalue weighted by molar-refractivity contribution is 0.102. The second kappa shape index (κ2) is 8.66. The fourth-order valence-corrected chi connectivity index (χ4v) is 3.03. The summed E-state index contributed by atoms with van der Waals surface area (Å²) in [5, 5.41) is 7.14. The molecular formula is C23H19FN4O3. The van der Waals surface area contributed by atoms with E-state index in [0.717, 1.165) is 11.3 Å². The van der Waals surface area contributed by atoms with Crippen molar-refractivity contribution in [3.05, 3.63) is 84.2 Å². The molecule has 0 spiro atoms. The first-order chi connectivity index (χ1) is 15.1. The number of aromatic nitrogens is 3. The Morgan fingerprint density at radius 3 is 2.45 bits per heavy atom. The number of methoxy groups -OCH3 is 2. The largest absolute Gasteiger partial charge is 0.497 e. The molecule has 7 nitrogen and oxygen atoms in total. The van der Waals surface area contributed by atoms with Crippen LogP contribution in [0.25, 0.3) is 17.1 Å². The summed E-state index contributed by atoms with van der Waals surface area (Å²) < 4.78 is 25.5. The van der Waals surface area contributed by atoms with E-state index >= 15 is 0 Å². The number of amides is 1. The highest BCUT2D eigenvalue weighted by Crippen LogP contribution is 2.27. The van der Waals surface area contributed by atoms with Crippen molar-refractivity contribution in [2.45, 2.75) is 0 Å². The molecule has 1 amide bonds. The molecule has 1 aromatic heterocycles. The fourth-order valence-electron chi connectivity index (χ4n) is 3.03. The van der Waals surface area contributed by atoms with Crippen LogP contribution in [-0.4, -0.2) is 34.9 Å². The van der Waals surface area contributed by atoms with Crippen LogP contribution in [0.5, 0.6) is 11.8 Å². The molecule has 0 fully saturated rings. The van der Waals surface area contributed by atoms with Gasteiger partial charge in [-0.2, -0.15) is 4.98 Å². The van der Waals surface area contributed by atoms with Crippen molar-refractivity contribution in [3.8, 4) is 28.8 Å². The van der Waals surface area contributed by atoms with Crippen molar-refractivity contribution < 1.29 is 18.7 Å². The first-order valence-electron chi connectivity index (χ1n) is 9.40. The van der Waals surface area contributed by atoms with E-state index in [9.17, 15) is 9.18 Å². The van der Waals surface area contributed by atoms with Crippen LogP contribution in [0.15, 0.2) is 72.8 Å². The molecule has 4 rings (SSSR count). The number of nitrogens with one attached hydrogen (secondary N) is 1. The molecule has 3 aromatic carbocycles. The molecule has 0 saturated carbocycles. The maximum Gasteiger partial charge on any atom is 0.336 e. The second-order valence-corrected chi connectivity index (χ2v) is 6.58. The number of nitrogens with zero attached hydrogens (tertiary/aromatic N) is 3. The SMILES string of the molecule is COc1cccc(-c2nc(OC)nn2-c2ccc(NC(=O)c3cccc(F)c3)cc2)c1. The zero-order chi connectivity index (χ0) is 21.8. The van der Waals surface area contributed by atoms with Crippen LogP contribution in [0.1, 0.15) is 10.4 Å². The number of ether oxygens (including phenoxy) is 2. The number of hydrogen-bond acceptors (Lipinski definition) is 5. The molecule has 0 aliphatic rings. The van der Waals surface area contributed by atoms with Crippen LogP contribution in [0, 0.1) is 5.82 Å². The molecule has 0 radical (unpaired) electrons. The highest BCUT2D eigenvalue weighted by atomic mass is 19.1. The van der Waals surface area contributed by atoms with E-state index in [4.69, 9.17) is 9.47 Å². The summed E-state index contributed by atoms with van der Waals surface area (Å²) in [4.78, 5) is 16.8. The first-order valence-corrected chi connectivity index (χ1v) is 9.40. The minimum Gasteiger partial charge on any atom is -0.497 e. The maximum absolute atomic E-state index is 13.3. The molecule has 156 valence electrons. The van der Waals surface area contributed by atoms with Crippen LogP contribution >= 0.6 is 0 Å². The van der Waals surface area contributed by atoms with Crippen molar-refractivity contribution in [1.82, 2.24) is 14.8 Å². The van der Waals surface area contributed by atoms with Gasteiger partial charge in [0.2, 0.25) is 0 Å². The van der Waals surface area contributed by atoms with Gasteiger partial charge in [0.15, 0.2) is 5.82 Å². The van der Waals surface area contributed by atoms with Gasteiger partial charge in [0, 0.05) is 16.8 Å². The monoisotopic (exact) mass is 418 g/mol. The minimum absolute atomic E-state index is 0.223.